The zero-order chi connectivity index (χ0) is 9.97. The molecule has 2 heterocycles. The zero-order valence-electron chi connectivity index (χ0n) is 8.94. The lowest BCUT2D eigenvalue weighted by atomic mass is 9.90. The number of rotatable bonds is 2. The summed E-state index contributed by atoms with van der Waals surface area (Å²) in [6.07, 6.45) is 2.22. The Kier molecular flexibility index (Phi) is 5.06. The van der Waals surface area contributed by atoms with Gasteiger partial charge in [-0.25, -0.2) is 0 Å². The molecule has 1 aromatic heterocycles. The van der Waals surface area contributed by atoms with Crippen molar-refractivity contribution in [3.8, 4) is 0 Å². The van der Waals surface area contributed by atoms with Crippen molar-refractivity contribution in [3.05, 3.63) is 21.9 Å². The van der Waals surface area contributed by atoms with E-state index in [2.05, 4.69) is 18.4 Å². The molecule has 0 unspecified atom stereocenters. The highest BCUT2D eigenvalue weighted by Crippen LogP contribution is 2.32. The third-order valence-corrected chi connectivity index (χ3v) is 4.10. The van der Waals surface area contributed by atoms with E-state index in [4.69, 9.17) is 10.5 Å². The van der Waals surface area contributed by atoms with Crippen LogP contribution in [-0.4, -0.2) is 13.2 Å². The lowest BCUT2D eigenvalue weighted by molar-refractivity contribution is 0.0587. The van der Waals surface area contributed by atoms with Gasteiger partial charge in [-0.15, -0.1) is 23.7 Å². The van der Waals surface area contributed by atoms with Gasteiger partial charge in [-0.1, -0.05) is 0 Å². The monoisotopic (exact) mass is 247 g/mol. The van der Waals surface area contributed by atoms with Crippen molar-refractivity contribution >= 4 is 23.7 Å². The van der Waals surface area contributed by atoms with Gasteiger partial charge in [0.15, 0.2) is 0 Å². The summed E-state index contributed by atoms with van der Waals surface area (Å²) in [5, 5.41) is 2.13. The molecule has 1 aromatic rings. The van der Waals surface area contributed by atoms with Gasteiger partial charge in [0.1, 0.15) is 0 Å². The molecule has 86 valence electrons. The van der Waals surface area contributed by atoms with E-state index < -0.39 is 0 Å². The molecule has 0 radical (unpaired) electrons. The number of halogens is 1. The summed E-state index contributed by atoms with van der Waals surface area (Å²) in [6.45, 7) is 3.90. The molecule has 2 N–H and O–H groups in total. The molecule has 0 saturated carbocycles. The van der Waals surface area contributed by atoms with Gasteiger partial charge < -0.3 is 10.5 Å². The summed E-state index contributed by atoms with van der Waals surface area (Å²) in [4.78, 5) is 1.36. The van der Waals surface area contributed by atoms with E-state index in [0.29, 0.717) is 5.92 Å². The highest BCUT2D eigenvalue weighted by molar-refractivity contribution is 7.10. The summed E-state index contributed by atoms with van der Waals surface area (Å²) in [5.74, 6) is 0.612. The van der Waals surface area contributed by atoms with E-state index in [1.165, 1.54) is 10.4 Å². The summed E-state index contributed by atoms with van der Waals surface area (Å²) in [5.41, 5.74) is 7.61. The van der Waals surface area contributed by atoms with Crippen LogP contribution in [0.5, 0.6) is 0 Å². The van der Waals surface area contributed by atoms with Gasteiger partial charge >= 0.3 is 0 Å². The molecule has 15 heavy (non-hydrogen) atoms. The fraction of sp³-hybridized carbons (Fsp3) is 0.636. The van der Waals surface area contributed by atoms with Crippen LogP contribution in [0.15, 0.2) is 11.4 Å². The minimum atomic E-state index is 0. The number of hydrogen-bond donors (Lipinski definition) is 1. The third kappa shape index (κ3) is 2.94. The van der Waals surface area contributed by atoms with Crippen LogP contribution < -0.4 is 5.73 Å². The van der Waals surface area contributed by atoms with Crippen molar-refractivity contribution in [2.45, 2.75) is 25.8 Å². The van der Waals surface area contributed by atoms with Crippen LogP contribution in [0.2, 0.25) is 0 Å². The minimum absolute atomic E-state index is 0. The average Bonchev–Trinajstić information content (AvgIpc) is 2.65. The highest BCUT2D eigenvalue weighted by atomic mass is 35.5. The molecular weight excluding hydrogens is 230 g/mol. The molecule has 2 rings (SSSR count). The largest absolute Gasteiger partial charge is 0.381 e. The van der Waals surface area contributed by atoms with Crippen molar-refractivity contribution in [2.24, 2.45) is 11.7 Å². The maximum atomic E-state index is 6.27. The molecule has 1 aliphatic rings. The smallest absolute Gasteiger partial charge is 0.0469 e. The van der Waals surface area contributed by atoms with Gasteiger partial charge in [0, 0.05) is 24.1 Å². The first kappa shape index (κ1) is 13.0. The third-order valence-electron chi connectivity index (χ3n) is 2.98. The second-order valence-corrected chi connectivity index (χ2v) is 4.89. The quantitative estimate of drug-likeness (QED) is 0.872. The van der Waals surface area contributed by atoms with E-state index in [-0.39, 0.29) is 18.4 Å². The van der Waals surface area contributed by atoms with Gasteiger partial charge in [-0.05, 0) is 42.7 Å². The second kappa shape index (κ2) is 5.85. The van der Waals surface area contributed by atoms with Crippen LogP contribution in [0.25, 0.3) is 0 Å². The average molecular weight is 248 g/mol. The number of thiophene rings is 1. The normalized spacial score (nSPS) is 19.6. The number of aryl methyl sites for hydroxylation is 1. The molecule has 4 heteroatoms. The maximum absolute atomic E-state index is 6.27. The van der Waals surface area contributed by atoms with Crippen molar-refractivity contribution in [1.82, 2.24) is 0 Å². The predicted octanol–water partition coefficient (Wildman–Crippen LogP) is 2.90. The molecule has 2 nitrogen and oxygen atoms in total. The van der Waals surface area contributed by atoms with E-state index in [1.807, 2.05) is 0 Å². The molecular formula is C11H18ClNOS. The number of hydrogen-bond acceptors (Lipinski definition) is 3. The Morgan fingerprint density at radius 2 is 2.13 bits per heavy atom. The Morgan fingerprint density at radius 1 is 1.47 bits per heavy atom. The topological polar surface area (TPSA) is 35.2 Å². The van der Waals surface area contributed by atoms with Crippen molar-refractivity contribution in [1.29, 1.82) is 0 Å². The first-order valence-electron chi connectivity index (χ1n) is 5.16. The van der Waals surface area contributed by atoms with Crippen LogP contribution in [-0.2, 0) is 4.74 Å². The summed E-state index contributed by atoms with van der Waals surface area (Å²) < 4.78 is 5.35. The Bertz CT molecular complexity index is 297. The van der Waals surface area contributed by atoms with E-state index >= 15 is 0 Å². The fourth-order valence-electron chi connectivity index (χ4n) is 2.01. The zero-order valence-corrected chi connectivity index (χ0v) is 10.6. The standard InChI is InChI=1S/C11H17NOS.ClH/c1-8-4-7-14-11(8)10(12)9-2-5-13-6-3-9;/h4,7,9-10H,2-3,5-6,12H2,1H3;1H/t10-;/m1./s1. The Labute approximate surface area is 101 Å². The van der Waals surface area contributed by atoms with Crippen LogP contribution >= 0.6 is 23.7 Å². The lowest BCUT2D eigenvalue weighted by Gasteiger charge is -2.27. The van der Waals surface area contributed by atoms with Crippen molar-refractivity contribution in [3.63, 3.8) is 0 Å². The summed E-state index contributed by atoms with van der Waals surface area (Å²) in [6, 6.07) is 2.37. The molecule has 0 aliphatic carbocycles. The molecule has 1 aliphatic heterocycles. The molecule has 0 amide bonds. The van der Waals surface area contributed by atoms with Gasteiger partial charge in [0.05, 0.1) is 0 Å². The Morgan fingerprint density at radius 3 is 2.67 bits per heavy atom. The predicted molar refractivity (Wildman–Crippen MR) is 66.8 cm³/mol. The molecule has 1 saturated heterocycles. The summed E-state index contributed by atoms with van der Waals surface area (Å²) >= 11 is 1.79. The molecule has 0 aromatic carbocycles. The van der Waals surface area contributed by atoms with Gasteiger partial charge in [-0.3, -0.25) is 0 Å². The first-order chi connectivity index (χ1) is 6.79. The fourth-order valence-corrected chi connectivity index (χ4v) is 3.04. The van der Waals surface area contributed by atoms with Gasteiger partial charge in [0.25, 0.3) is 0 Å². The Balaban J connectivity index is 0.00000112. The van der Waals surface area contributed by atoms with Crippen molar-refractivity contribution in [2.75, 3.05) is 13.2 Å². The van der Waals surface area contributed by atoms with E-state index in [0.717, 1.165) is 26.1 Å². The van der Waals surface area contributed by atoms with Crippen molar-refractivity contribution < 1.29 is 4.74 Å². The van der Waals surface area contributed by atoms with Crippen LogP contribution in [0.3, 0.4) is 0 Å². The van der Waals surface area contributed by atoms with E-state index in [9.17, 15) is 0 Å². The van der Waals surface area contributed by atoms with Gasteiger partial charge in [-0.2, -0.15) is 0 Å². The number of nitrogens with two attached hydrogens (primary N) is 1. The molecule has 0 bridgehead atoms. The molecule has 1 atom stereocenters. The van der Waals surface area contributed by atoms with Crippen LogP contribution in [0.4, 0.5) is 0 Å². The molecule has 0 spiro atoms. The molecule has 1 fully saturated rings. The lowest BCUT2D eigenvalue weighted by Crippen LogP contribution is -2.27. The second-order valence-electron chi connectivity index (χ2n) is 3.94. The SMILES string of the molecule is Cc1ccsc1[C@H](N)C1CCOCC1.Cl. The number of ether oxygens (including phenoxy) is 1. The maximum Gasteiger partial charge on any atom is 0.0469 e. The highest BCUT2D eigenvalue weighted by Gasteiger charge is 2.23. The van der Waals surface area contributed by atoms with Gasteiger partial charge in [0.2, 0.25) is 0 Å². The first-order valence-corrected chi connectivity index (χ1v) is 6.04. The Hall–Kier alpha value is -0.0900. The minimum Gasteiger partial charge on any atom is -0.381 e. The van der Waals surface area contributed by atoms with Crippen LogP contribution in [0.1, 0.15) is 29.3 Å². The van der Waals surface area contributed by atoms with E-state index in [1.54, 1.807) is 11.3 Å². The van der Waals surface area contributed by atoms with Crippen LogP contribution in [0, 0.1) is 12.8 Å². The summed E-state index contributed by atoms with van der Waals surface area (Å²) in [7, 11) is 0.